The van der Waals surface area contributed by atoms with Crippen LogP contribution in [0.4, 0.5) is 0 Å². The van der Waals surface area contributed by atoms with Gasteiger partial charge in [-0.25, -0.2) is 0 Å². The normalized spacial score (nSPS) is 12.1. The van der Waals surface area contributed by atoms with Crippen LogP contribution in [-0.4, -0.2) is 21.7 Å². The number of aryl methyl sites for hydroxylation is 3. The van der Waals surface area contributed by atoms with Gasteiger partial charge >= 0.3 is 0 Å². The van der Waals surface area contributed by atoms with Crippen molar-refractivity contribution >= 4 is 22.3 Å². The van der Waals surface area contributed by atoms with E-state index in [1.54, 1.807) is 0 Å². The van der Waals surface area contributed by atoms with Crippen LogP contribution in [0.3, 0.4) is 0 Å². The smallest absolute Gasteiger partial charge is 0.194 e. The largest absolute Gasteiger partial charge is 0.512 e. The number of pyridine rings is 1. The van der Waals surface area contributed by atoms with Gasteiger partial charge < -0.3 is 10.1 Å². The molecule has 0 fully saturated rings. The zero-order valence-corrected chi connectivity index (χ0v) is 27.3. The zero-order valence-electron chi connectivity index (χ0n) is 24.9. The number of fused-ring (bicyclic) bond motifs is 5. The van der Waals surface area contributed by atoms with Crippen molar-refractivity contribution in [2.75, 3.05) is 0 Å². The zero-order chi connectivity index (χ0) is 29.1. The number of ketones is 2. The summed E-state index contributed by atoms with van der Waals surface area (Å²) in [6, 6.07) is 19.6. The van der Waals surface area contributed by atoms with E-state index in [0.29, 0.717) is 24.7 Å². The molecule has 0 saturated carbocycles. The van der Waals surface area contributed by atoms with Crippen molar-refractivity contribution in [2.24, 2.45) is 11.8 Å². The average molecular weight is 725 g/mol. The maximum atomic E-state index is 12.9. The topological polar surface area (TPSA) is 67.3 Å². The molecule has 4 aromatic rings. The second-order valence-electron chi connectivity index (χ2n) is 11.6. The van der Waals surface area contributed by atoms with E-state index < -0.39 is 0 Å². The van der Waals surface area contributed by atoms with Gasteiger partial charge in [0.05, 0.1) is 5.76 Å². The maximum absolute atomic E-state index is 12.9. The molecule has 0 atom stereocenters. The maximum Gasteiger partial charge on any atom is 0.194 e. The molecule has 0 aliphatic heterocycles. The summed E-state index contributed by atoms with van der Waals surface area (Å²) in [5, 5.41) is 11.5. The second-order valence-corrected chi connectivity index (χ2v) is 11.6. The summed E-state index contributed by atoms with van der Waals surface area (Å²) >= 11 is 0. The van der Waals surface area contributed by atoms with Gasteiger partial charge in [0, 0.05) is 61.9 Å². The van der Waals surface area contributed by atoms with Crippen molar-refractivity contribution in [2.45, 2.75) is 61.3 Å². The van der Waals surface area contributed by atoms with Crippen LogP contribution in [0.25, 0.3) is 33.2 Å². The fraction of sp³-hybridized carbons (Fsp3) is 0.306. The molecule has 0 spiro atoms. The van der Waals surface area contributed by atoms with E-state index in [0.717, 1.165) is 55.4 Å². The Balaban J connectivity index is 0.000000284. The Morgan fingerprint density at radius 1 is 0.902 bits per heavy atom. The van der Waals surface area contributed by atoms with Gasteiger partial charge in [-0.2, -0.15) is 0 Å². The first-order chi connectivity index (χ1) is 19.0. The number of nitrogens with zero attached hydrogens (tertiary/aromatic N) is 1. The monoisotopic (exact) mass is 725 g/mol. The van der Waals surface area contributed by atoms with Gasteiger partial charge in [0.15, 0.2) is 11.6 Å². The Morgan fingerprint density at radius 2 is 1.59 bits per heavy atom. The van der Waals surface area contributed by atoms with Gasteiger partial charge in [0.2, 0.25) is 0 Å². The van der Waals surface area contributed by atoms with Crippen LogP contribution in [0.15, 0.2) is 66.6 Å². The number of benzene rings is 3. The molecule has 215 valence electrons. The first-order valence-electron chi connectivity index (χ1n) is 14.0. The number of aromatic nitrogens is 1. The third-order valence-electron chi connectivity index (χ3n) is 6.92. The van der Waals surface area contributed by atoms with E-state index >= 15 is 0 Å². The molecular formula is C36H38IrNO3-. The molecule has 1 heterocycles. The number of aliphatic hydroxyl groups excluding tert-OH is 1. The first kappa shape index (κ1) is 32.1. The first-order valence-corrected chi connectivity index (χ1v) is 14.0. The van der Waals surface area contributed by atoms with Crippen LogP contribution in [0.5, 0.6) is 0 Å². The summed E-state index contributed by atoms with van der Waals surface area (Å²) in [7, 11) is 0. The molecule has 1 N–H and O–H groups in total. The standard InChI is InChI=1S/C25H18NO.C11H20O2.Ir/c1-14-11-15(2)13-17(12-14)24-19-7-8-21-23(18(19)9-10-26-24)22-16(3)5-4-6-20(22)25(21)27;1-8(2)5-10(12)7-11(13)6-9(3)4;/h4-12H,1-3H3;7-9,12H,5-6H2,1-4H3;/q-1;;/b;10-7-;. The van der Waals surface area contributed by atoms with Crippen LogP contribution < -0.4 is 0 Å². The summed E-state index contributed by atoms with van der Waals surface area (Å²) in [5.41, 5.74) is 9.01. The number of carbonyl (C=O) groups is 2. The van der Waals surface area contributed by atoms with E-state index in [9.17, 15) is 14.7 Å². The minimum Gasteiger partial charge on any atom is -0.512 e. The van der Waals surface area contributed by atoms with Gasteiger partial charge in [0.25, 0.3) is 0 Å². The molecule has 1 aromatic heterocycles. The van der Waals surface area contributed by atoms with Gasteiger partial charge in [-0.15, -0.1) is 34.9 Å². The molecule has 4 nitrogen and oxygen atoms in total. The van der Waals surface area contributed by atoms with Crippen LogP contribution in [0.2, 0.25) is 0 Å². The minimum absolute atomic E-state index is 0. The molecule has 5 rings (SSSR count). The van der Waals surface area contributed by atoms with Crippen LogP contribution in [0, 0.1) is 38.7 Å². The number of carbonyl (C=O) groups excluding carboxylic acids is 2. The van der Waals surface area contributed by atoms with Gasteiger partial charge in [0.1, 0.15) is 0 Å². The molecule has 0 amide bonds. The van der Waals surface area contributed by atoms with E-state index in [4.69, 9.17) is 0 Å². The van der Waals surface area contributed by atoms with Crippen LogP contribution >= 0.6 is 0 Å². The fourth-order valence-corrected chi connectivity index (χ4v) is 5.41. The molecule has 41 heavy (non-hydrogen) atoms. The Hall–Kier alpha value is -3.40. The van der Waals surface area contributed by atoms with Crippen molar-refractivity contribution in [3.63, 3.8) is 0 Å². The van der Waals surface area contributed by atoms with E-state index in [1.807, 2.05) is 64.2 Å². The predicted molar refractivity (Wildman–Crippen MR) is 164 cm³/mol. The molecule has 1 aliphatic carbocycles. The predicted octanol–water partition coefficient (Wildman–Crippen LogP) is 8.93. The Bertz CT molecular complexity index is 1610. The summed E-state index contributed by atoms with van der Waals surface area (Å²) in [6.07, 6.45) is 4.30. The van der Waals surface area contributed by atoms with Crippen molar-refractivity contribution < 1.29 is 34.8 Å². The van der Waals surface area contributed by atoms with Gasteiger partial charge in [-0.3, -0.25) is 9.59 Å². The number of aliphatic hydroxyl groups is 1. The third-order valence-corrected chi connectivity index (χ3v) is 6.92. The molecule has 1 radical (unpaired) electrons. The van der Waals surface area contributed by atoms with Crippen molar-refractivity contribution in [1.29, 1.82) is 0 Å². The SMILES string of the molecule is CC(C)CC(=O)/C=C(\O)CC(C)C.Cc1[c-]c(-c2nccc3c4c(ccc23)C(=O)c2cccc(C)c2-4)cc(C)c1.[Ir]. The van der Waals surface area contributed by atoms with E-state index in [1.165, 1.54) is 11.6 Å². The van der Waals surface area contributed by atoms with Crippen molar-refractivity contribution in [3.05, 3.63) is 100 Å². The molecule has 5 heteroatoms. The number of allylic oxidation sites excluding steroid dienone is 2. The summed E-state index contributed by atoms with van der Waals surface area (Å²) < 4.78 is 0. The van der Waals surface area contributed by atoms with Crippen LogP contribution in [-0.2, 0) is 24.9 Å². The Morgan fingerprint density at radius 3 is 2.24 bits per heavy atom. The molecule has 3 aromatic carbocycles. The summed E-state index contributed by atoms with van der Waals surface area (Å²) in [5.74, 6) is 1.09. The molecule has 1 aliphatic rings. The number of hydrogen-bond acceptors (Lipinski definition) is 4. The summed E-state index contributed by atoms with van der Waals surface area (Å²) in [6.45, 7) is 14.2. The number of rotatable bonds is 6. The average Bonchev–Trinajstić information content (AvgIpc) is 3.16. The quantitative estimate of drug-likeness (QED) is 0.108. The van der Waals surface area contributed by atoms with Gasteiger partial charge in [-0.1, -0.05) is 71.9 Å². The second kappa shape index (κ2) is 13.5. The molecular weight excluding hydrogens is 687 g/mol. The molecule has 0 bridgehead atoms. The number of hydrogen-bond donors (Lipinski definition) is 1. The van der Waals surface area contributed by atoms with E-state index in [2.05, 4.69) is 50.0 Å². The Labute approximate surface area is 257 Å². The Kier molecular flexibility index (Phi) is 10.6. The molecule has 0 unspecified atom stereocenters. The van der Waals surface area contributed by atoms with Crippen molar-refractivity contribution in [3.8, 4) is 22.4 Å². The molecule has 0 saturated heterocycles. The van der Waals surface area contributed by atoms with Gasteiger partial charge in [-0.05, 0) is 52.4 Å². The third kappa shape index (κ3) is 7.28. The van der Waals surface area contributed by atoms with Crippen LogP contribution in [0.1, 0.15) is 73.1 Å². The fourth-order valence-electron chi connectivity index (χ4n) is 5.41. The minimum atomic E-state index is 0. The van der Waals surface area contributed by atoms with E-state index in [-0.39, 0.29) is 37.4 Å². The van der Waals surface area contributed by atoms with Crippen molar-refractivity contribution in [1.82, 2.24) is 4.98 Å². The summed E-state index contributed by atoms with van der Waals surface area (Å²) in [4.78, 5) is 28.8.